The van der Waals surface area contributed by atoms with Crippen LogP contribution in [-0.4, -0.2) is 30.0 Å². The second kappa shape index (κ2) is 5.92. The van der Waals surface area contributed by atoms with Gasteiger partial charge >= 0.3 is 11.8 Å². The number of carbonyl (C=O) groups excluding carboxylic acids is 2. The van der Waals surface area contributed by atoms with E-state index in [0.29, 0.717) is 5.76 Å². The van der Waals surface area contributed by atoms with Gasteiger partial charge < -0.3 is 20.2 Å². The van der Waals surface area contributed by atoms with Crippen LogP contribution in [0.2, 0.25) is 0 Å². The molecule has 1 aromatic rings. The molecule has 1 unspecified atom stereocenters. The van der Waals surface area contributed by atoms with Crippen LogP contribution in [0.25, 0.3) is 0 Å². The van der Waals surface area contributed by atoms with Crippen LogP contribution in [0, 0.1) is 5.92 Å². The van der Waals surface area contributed by atoms with Crippen molar-refractivity contribution in [1.29, 1.82) is 0 Å². The molecule has 3 N–H and O–H groups in total. The maximum atomic E-state index is 11.6. The summed E-state index contributed by atoms with van der Waals surface area (Å²) in [5.74, 6) is -1.07. The third-order valence-corrected chi connectivity index (χ3v) is 3.33. The van der Waals surface area contributed by atoms with Gasteiger partial charge in [0.2, 0.25) is 0 Å². The van der Waals surface area contributed by atoms with E-state index in [9.17, 15) is 14.7 Å². The van der Waals surface area contributed by atoms with Gasteiger partial charge in [-0.1, -0.05) is 6.08 Å². The molecule has 6 heteroatoms. The topological polar surface area (TPSA) is 91.6 Å². The first kappa shape index (κ1) is 14.3. The summed E-state index contributed by atoms with van der Waals surface area (Å²) in [4.78, 5) is 23.0. The molecule has 108 valence electrons. The standard InChI is InChI=1S/C14H18N2O4/c1-2-7-15-12(17)13(18)16-9-14(19,10-5-6-10)11-4-3-8-20-11/h2-4,8,10,19H,1,5-7,9H2,(H,15,17)(H,16,18). The van der Waals surface area contributed by atoms with Crippen LogP contribution in [0.15, 0.2) is 35.5 Å². The molecule has 1 atom stereocenters. The molecule has 2 rings (SSSR count). The van der Waals surface area contributed by atoms with Gasteiger partial charge in [-0.2, -0.15) is 0 Å². The molecule has 1 fully saturated rings. The molecular weight excluding hydrogens is 260 g/mol. The Labute approximate surface area is 116 Å². The molecule has 1 saturated carbocycles. The quantitative estimate of drug-likeness (QED) is 0.515. The summed E-state index contributed by atoms with van der Waals surface area (Å²) in [6.45, 7) is 3.61. The summed E-state index contributed by atoms with van der Waals surface area (Å²) in [6, 6.07) is 3.35. The van der Waals surface area contributed by atoms with E-state index in [1.54, 1.807) is 12.1 Å². The van der Waals surface area contributed by atoms with Crippen LogP contribution in [0.1, 0.15) is 18.6 Å². The summed E-state index contributed by atoms with van der Waals surface area (Å²) >= 11 is 0. The minimum atomic E-state index is -1.25. The summed E-state index contributed by atoms with van der Waals surface area (Å²) in [7, 11) is 0. The number of hydrogen-bond donors (Lipinski definition) is 3. The lowest BCUT2D eigenvalue weighted by atomic mass is 9.94. The third-order valence-electron chi connectivity index (χ3n) is 3.33. The highest BCUT2D eigenvalue weighted by Gasteiger charge is 2.47. The Balaban J connectivity index is 1.95. The number of amides is 2. The van der Waals surface area contributed by atoms with Gasteiger partial charge in [0.1, 0.15) is 11.4 Å². The van der Waals surface area contributed by atoms with Crippen LogP contribution in [0.3, 0.4) is 0 Å². The van der Waals surface area contributed by atoms with Crippen molar-refractivity contribution < 1.29 is 19.1 Å². The number of hydrogen-bond acceptors (Lipinski definition) is 4. The van der Waals surface area contributed by atoms with Crippen LogP contribution < -0.4 is 10.6 Å². The van der Waals surface area contributed by atoms with Crippen molar-refractivity contribution in [1.82, 2.24) is 10.6 Å². The Hall–Kier alpha value is -2.08. The Morgan fingerprint density at radius 1 is 1.45 bits per heavy atom. The smallest absolute Gasteiger partial charge is 0.309 e. The molecule has 1 heterocycles. The zero-order chi connectivity index (χ0) is 14.6. The first-order valence-electron chi connectivity index (χ1n) is 6.51. The summed E-state index contributed by atoms with van der Waals surface area (Å²) in [5.41, 5.74) is -1.25. The molecule has 0 saturated heterocycles. The van der Waals surface area contributed by atoms with Crippen LogP contribution in [-0.2, 0) is 15.2 Å². The highest BCUT2D eigenvalue weighted by atomic mass is 16.4. The van der Waals surface area contributed by atoms with Gasteiger partial charge in [0.05, 0.1) is 12.8 Å². The van der Waals surface area contributed by atoms with Crippen LogP contribution in [0.4, 0.5) is 0 Å². The molecule has 1 aliphatic carbocycles. The number of furan rings is 1. The molecule has 1 aromatic heterocycles. The van der Waals surface area contributed by atoms with Crippen molar-refractivity contribution in [3.63, 3.8) is 0 Å². The average molecular weight is 278 g/mol. The van der Waals surface area contributed by atoms with Gasteiger partial charge in [-0.25, -0.2) is 0 Å². The van der Waals surface area contributed by atoms with Crippen LogP contribution >= 0.6 is 0 Å². The number of nitrogens with one attached hydrogen (secondary N) is 2. The maximum absolute atomic E-state index is 11.6. The zero-order valence-electron chi connectivity index (χ0n) is 11.1. The van der Waals surface area contributed by atoms with E-state index in [1.165, 1.54) is 12.3 Å². The lowest BCUT2D eigenvalue weighted by Crippen LogP contribution is -2.47. The SMILES string of the molecule is C=CCNC(=O)C(=O)NCC(O)(c1ccco1)C1CC1. The van der Waals surface area contributed by atoms with Crippen molar-refractivity contribution in [2.45, 2.75) is 18.4 Å². The lowest BCUT2D eigenvalue weighted by Gasteiger charge is -2.26. The number of aliphatic hydroxyl groups is 1. The Morgan fingerprint density at radius 3 is 2.70 bits per heavy atom. The van der Waals surface area contributed by atoms with E-state index in [2.05, 4.69) is 17.2 Å². The molecule has 0 aromatic carbocycles. The fourth-order valence-corrected chi connectivity index (χ4v) is 2.06. The fourth-order valence-electron chi connectivity index (χ4n) is 2.06. The van der Waals surface area contributed by atoms with Gasteiger partial charge in [0.25, 0.3) is 0 Å². The molecule has 2 amide bonds. The predicted octanol–water partition coefficient (Wildman–Crippen LogP) is 0.296. The fraction of sp³-hybridized carbons (Fsp3) is 0.429. The van der Waals surface area contributed by atoms with Crippen molar-refractivity contribution >= 4 is 11.8 Å². The van der Waals surface area contributed by atoms with Crippen molar-refractivity contribution in [3.05, 3.63) is 36.8 Å². The molecule has 0 radical (unpaired) electrons. The Bertz CT molecular complexity index is 493. The molecule has 1 aliphatic rings. The lowest BCUT2D eigenvalue weighted by molar-refractivity contribution is -0.140. The summed E-state index contributed by atoms with van der Waals surface area (Å²) < 4.78 is 5.24. The zero-order valence-corrected chi connectivity index (χ0v) is 11.1. The Morgan fingerprint density at radius 2 is 2.15 bits per heavy atom. The Kier molecular flexibility index (Phi) is 4.24. The molecule has 6 nitrogen and oxygen atoms in total. The summed E-state index contributed by atoms with van der Waals surface area (Å²) in [6.07, 6.45) is 4.70. The number of rotatable bonds is 6. The first-order chi connectivity index (χ1) is 9.58. The molecule has 0 aliphatic heterocycles. The normalized spacial score (nSPS) is 17.1. The second-order valence-corrected chi connectivity index (χ2v) is 4.86. The number of carbonyl (C=O) groups is 2. The van der Waals surface area contributed by atoms with E-state index in [1.807, 2.05) is 0 Å². The largest absolute Gasteiger partial charge is 0.466 e. The van der Waals surface area contributed by atoms with Gasteiger partial charge in [0.15, 0.2) is 0 Å². The highest BCUT2D eigenvalue weighted by molar-refractivity contribution is 6.35. The van der Waals surface area contributed by atoms with Gasteiger partial charge in [0, 0.05) is 6.54 Å². The molecular formula is C14H18N2O4. The van der Waals surface area contributed by atoms with Crippen molar-refractivity contribution in [2.24, 2.45) is 5.92 Å². The summed E-state index contributed by atoms with van der Waals surface area (Å²) in [5, 5.41) is 15.5. The van der Waals surface area contributed by atoms with Crippen molar-refractivity contribution in [2.75, 3.05) is 13.1 Å². The van der Waals surface area contributed by atoms with Crippen LogP contribution in [0.5, 0.6) is 0 Å². The van der Waals surface area contributed by atoms with Gasteiger partial charge in [-0.3, -0.25) is 9.59 Å². The molecule has 20 heavy (non-hydrogen) atoms. The van der Waals surface area contributed by atoms with E-state index in [4.69, 9.17) is 4.42 Å². The van der Waals surface area contributed by atoms with Crippen molar-refractivity contribution in [3.8, 4) is 0 Å². The van der Waals surface area contributed by atoms with Gasteiger partial charge in [-0.05, 0) is 30.9 Å². The van der Waals surface area contributed by atoms with Gasteiger partial charge in [-0.15, -0.1) is 6.58 Å². The van der Waals surface area contributed by atoms with E-state index in [-0.39, 0.29) is 19.0 Å². The molecule has 0 spiro atoms. The van der Waals surface area contributed by atoms with E-state index in [0.717, 1.165) is 12.8 Å². The average Bonchev–Trinajstić information content (AvgIpc) is 3.17. The minimum absolute atomic E-state index is 0.0465. The monoisotopic (exact) mass is 278 g/mol. The first-order valence-corrected chi connectivity index (χ1v) is 6.51. The van der Waals surface area contributed by atoms with E-state index >= 15 is 0 Å². The van der Waals surface area contributed by atoms with E-state index < -0.39 is 17.4 Å². The third kappa shape index (κ3) is 3.08. The predicted molar refractivity (Wildman–Crippen MR) is 71.5 cm³/mol. The minimum Gasteiger partial charge on any atom is -0.466 e. The maximum Gasteiger partial charge on any atom is 0.309 e. The second-order valence-electron chi connectivity index (χ2n) is 4.86. The highest BCUT2D eigenvalue weighted by Crippen LogP contribution is 2.45. The molecule has 0 bridgehead atoms.